The number of aliphatic hydroxyl groups excluding tert-OH is 1. The number of aryl methyl sites for hydroxylation is 1. The summed E-state index contributed by atoms with van der Waals surface area (Å²) in [4.78, 5) is 0. The molecule has 1 nitrogen and oxygen atoms in total. The lowest BCUT2D eigenvalue weighted by molar-refractivity contribution is -0.137. The Labute approximate surface area is 125 Å². The van der Waals surface area contributed by atoms with Crippen LogP contribution in [0, 0.1) is 6.92 Å². The van der Waals surface area contributed by atoms with Crippen LogP contribution in [0.15, 0.2) is 18.2 Å². The van der Waals surface area contributed by atoms with Crippen LogP contribution in [-0.4, -0.2) is 27.1 Å². The van der Waals surface area contributed by atoms with Crippen molar-refractivity contribution in [2.45, 2.75) is 36.6 Å². The van der Waals surface area contributed by atoms with Gasteiger partial charge in [0.25, 0.3) is 0 Å². The van der Waals surface area contributed by atoms with E-state index in [-0.39, 0.29) is 5.25 Å². The molecule has 1 heterocycles. The minimum atomic E-state index is -4.34. The topological polar surface area (TPSA) is 20.2 Å². The van der Waals surface area contributed by atoms with Crippen molar-refractivity contribution in [2.75, 3.05) is 11.5 Å². The highest BCUT2D eigenvalue weighted by molar-refractivity contribution is 8.07. The zero-order valence-corrected chi connectivity index (χ0v) is 12.9. The normalized spacial score (nSPS) is 25.5. The van der Waals surface area contributed by atoms with Gasteiger partial charge in [-0.15, -0.1) is 0 Å². The predicted molar refractivity (Wildman–Crippen MR) is 79.3 cm³/mol. The van der Waals surface area contributed by atoms with Gasteiger partial charge in [0.1, 0.15) is 0 Å². The summed E-state index contributed by atoms with van der Waals surface area (Å²) in [6, 6.07) is 3.58. The second kappa shape index (κ2) is 6.20. The van der Waals surface area contributed by atoms with Crippen molar-refractivity contribution in [3.63, 3.8) is 0 Å². The Hall–Kier alpha value is -0.330. The van der Waals surface area contributed by atoms with Crippen LogP contribution in [0.1, 0.15) is 29.7 Å². The Morgan fingerprint density at radius 2 is 1.90 bits per heavy atom. The van der Waals surface area contributed by atoms with Gasteiger partial charge in [-0.25, -0.2) is 0 Å². The lowest BCUT2D eigenvalue weighted by atomic mass is 9.97. The summed E-state index contributed by atoms with van der Waals surface area (Å²) in [5, 5.41) is 10.8. The van der Waals surface area contributed by atoms with Gasteiger partial charge in [-0.1, -0.05) is 13.0 Å². The van der Waals surface area contributed by atoms with Crippen LogP contribution in [0.2, 0.25) is 0 Å². The number of aliphatic hydroxyl groups is 1. The number of hydrogen-bond acceptors (Lipinski definition) is 3. The molecule has 3 atom stereocenters. The Kier molecular flexibility index (Phi) is 4.97. The Morgan fingerprint density at radius 1 is 1.25 bits per heavy atom. The first-order chi connectivity index (χ1) is 9.30. The first-order valence-corrected chi connectivity index (χ1v) is 8.49. The molecule has 20 heavy (non-hydrogen) atoms. The maximum absolute atomic E-state index is 12.6. The summed E-state index contributed by atoms with van der Waals surface area (Å²) in [5.41, 5.74) is 0.435. The monoisotopic (exact) mass is 322 g/mol. The third-order valence-corrected chi connectivity index (χ3v) is 6.64. The highest BCUT2D eigenvalue weighted by atomic mass is 32.2. The Morgan fingerprint density at radius 3 is 2.45 bits per heavy atom. The molecule has 1 fully saturated rings. The van der Waals surface area contributed by atoms with Gasteiger partial charge in [0.2, 0.25) is 0 Å². The van der Waals surface area contributed by atoms with Gasteiger partial charge in [-0.2, -0.15) is 36.7 Å². The summed E-state index contributed by atoms with van der Waals surface area (Å²) in [6.07, 6.45) is -5.05. The van der Waals surface area contributed by atoms with E-state index in [1.54, 1.807) is 30.4 Å². The van der Waals surface area contributed by atoms with Crippen molar-refractivity contribution < 1.29 is 18.3 Å². The minimum absolute atomic E-state index is 0.0317. The van der Waals surface area contributed by atoms with Crippen molar-refractivity contribution in [2.24, 2.45) is 0 Å². The van der Waals surface area contributed by atoms with Crippen LogP contribution in [0.5, 0.6) is 0 Å². The zero-order valence-electron chi connectivity index (χ0n) is 11.3. The van der Waals surface area contributed by atoms with E-state index >= 15 is 0 Å². The molecular formula is C14H17F3OS2. The number of rotatable bonds is 2. The zero-order chi connectivity index (χ0) is 14.9. The van der Waals surface area contributed by atoms with E-state index in [1.165, 1.54) is 6.07 Å². The molecule has 0 aliphatic carbocycles. The van der Waals surface area contributed by atoms with E-state index in [9.17, 15) is 18.3 Å². The molecule has 1 aromatic carbocycles. The van der Waals surface area contributed by atoms with Gasteiger partial charge in [0, 0.05) is 22.0 Å². The van der Waals surface area contributed by atoms with Crippen molar-refractivity contribution >= 4 is 23.5 Å². The number of alkyl halides is 3. The third kappa shape index (κ3) is 3.46. The molecule has 1 aliphatic heterocycles. The van der Waals surface area contributed by atoms with Gasteiger partial charge in [0.05, 0.1) is 11.7 Å². The van der Waals surface area contributed by atoms with Gasteiger partial charge in [0.15, 0.2) is 0 Å². The molecule has 0 spiro atoms. The number of hydrogen-bond donors (Lipinski definition) is 1. The van der Waals surface area contributed by atoms with Crippen LogP contribution < -0.4 is 0 Å². The van der Waals surface area contributed by atoms with E-state index in [4.69, 9.17) is 0 Å². The fourth-order valence-electron chi connectivity index (χ4n) is 2.36. The second-order valence-corrected chi connectivity index (χ2v) is 7.70. The highest BCUT2D eigenvalue weighted by Gasteiger charge is 2.33. The molecule has 0 amide bonds. The summed E-state index contributed by atoms with van der Waals surface area (Å²) in [5.74, 6) is 2.03. The Balaban J connectivity index is 2.24. The molecule has 1 aliphatic rings. The molecular weight excluding hydrogens is 305 g/mol. The van der Waals surface area contributed by atoms with Gasteiger partial charge >= 0.3 is 6.18 Å². The molecule has 3 unspecified atom stereocenters. The van der Waals surface area contributed by atoms with E-state index in [0.29, 0.717) is 16.4 Å². The smallest absolute Gasteiger partial charge is 0.387 e. The molecule has 1 N–H and O–H groups in total. The summed E-state index contributed by atoms with van der Waals surface area (Å²) >= 11 is 3.50. The molecule has 112 valence electrons. The van der Waals surface area contributed by atoms with Crippen LogP contribution in [0.4, 0.5) is 13.2 Å². The maximum atomic E-state index is 12.6. The van der Waals surface area contributed by atoms with Crippen LogP contribution >= 0.6 is 23.5 Å². The SMILES string of the molecule is Cc1cc(C(F)(F)F)ccc1C(O)C1SCCSC1C. The van der Waals surface area contributed by atoms with E-state index < -0.39 is 17.8 Å². The molecule has 1 saturated heterocycles. The van der Waals surface area contributed by atoms with Crippen LogP contribution in [0.3, 0.4) is 0 Å². The van der Waals surface area contributed by atoms with Crippen LogP contribution in [0.25, 0.3) is 0 Å². The summed E-state index contributed by atoms with van der Waals surface area (Å²) in [7, 11) is 0. The van der Waals surface area contributed by atoms with Gasteiger partial charge in [-0.05, 0) is 30.2 Å². The molecule has 1 aromatic rings. The largest absolute Gasteiger partial charge is 0.416 e. The molecule has 0 saturated carbocycles. The number of thioether (sulfide) groups is 2. The lowest BCUT2D eigenvalue weighted by Gasteiger charge is -2.32. The predicted octanol–water partition coefficient (Wildman–Crippen LogP) is 4.28. The van der Waals surface area contributed by atoms with E-state index in [1.807, 2.05) is 0 Å². The van der Waals surface area contributed by atoms with Crippen molar-refractivity contribution in [1.29, 1.82) is 0 Å². The Bertz CT molecular complexity index is 476. The van der Waals surface area contributed by atoms with Crippen molar-refractivity contribution in [3.8, 4) is 0 Å². The number of benzene rings is 1. The van der Waals surface area contributed by atoms with Gasteiger partial charge < -0.3 is 5.11 Å². The quantitative estimate of drug-likeness (QED) is 0.877. The fraction of sp³-hybridized carbons (Fsp3) is 0.571. The lowest BCUT2D eigenvalue weighted by Crippen LogP contribution is -2.29. The average molecular weight is 322 g/mol. The molecule has 0 aromatic heterocycles. The first kappa shape index (κ1) is 16.0. The van der Waals surface area contributed by atoms with Crippen LogP contribution in [-0.2, 0) is 6.18 Å². The average Bonchev–Trinajstić information content (AvgIpc) is 2.37. The highest BCUT2D eigenvalue weighted by Crippen LogP contribution is 2.40. The standard InChI is InChI=1S/C14H17F3OS2/c1-8-7-10(14(15,16)17)3-4-11(8)12(18)13-9(2)19-5-6-20-13/h3-4,7,9,12-13,18H,5-6H2,1-2H3. The van der Waals surface area contributed by atoms with E-state index in [2.05, 4.69) is 6.92 Å². The molecule has 0 radical (unpaired) electrons. The first-order valence-electron chi connectivity index (χ1n) is 6.39. The molecule has 0 bridgehead atoms. The number of halogens is 3. The third-order valence-electron chi connectivity index (χ3n) is 3.46. The molecule has 6 heteroatoms. The van der Waals surface area contributed by atoms with E-state index in [0.717, 1.165) is 23.6 Å². The maximum Gasteiger partial charge on any atom is 0.416 e. The molecule has 2 rings (SSSR count). The summed E-state index contributed by atoms with van der Waals surface area (Å²) < 4.78 is 37.9. The second-order valence-electron chi connectivity index (χ2n) is 4.93. The fourth-order valence-corrected chi connectivity index (χ4v) is 5.18. The minimum Gasteiger partial charge on any atom is -0.387 e. The van der Waals surface area contributed by atoms with Crippen molar-refractivity contribution in [3.05, 3.63) is 34.9 Å². The summed E-state index contributed by atoms with van der Waals surface area (Å²) in [6.45, 7) is 3.68. The van der Waals surface area contributed by atoms with Crippen molar-refractivity contribution in [1.82, 2.24) is 0 Å². The van der Waals surface area contributed by atoms with Gasteiger partial charge in [-0.3, -0.25) is 0 Å².